The first-order valence-electron chi connectivity index (χ1n) is 5.96. The first kappa shape index (κ1) is 13.3. The Balaban J connectivity index is 2.54. The van der Waals surface area contributed by atoms with Crippen molar-refractivity contribution < 1.29 is 14.6 Å². The van der Waals surface area contributed by atoms with Crippen LogP contribution in [0.5, 0.6) is 0 Å². The summed E-state index contributed by atoms with van der Waals surface area (Å²) in [7, 11) is 0. The first-order chi connectivity index (χ1) is 7.37. The second-order valence-electron chi connectivity index (χ2n) is 5.50. The molecule has 1 heterocycles. The molecule has 0 aromatic carbocycles. The number of nitrogens with zero attached hydrogens (tertiary/aromatic N) is 1. The minimum atomic E-state index is -0.448. The van der Waals surface area contributed by atoms with Crippen molar-refractivity contribution in [2.45, 2.75) is 39.7 Å². The summed E-state index contributed by atoms with van der Waals surface area (Å²) in [5.41, 5.74) is -0.448. The van der Waals surface area contributed by atoms with Gasteiger partial charge in [0.2, 0.25) is 0 Å². The number of carbonyl (C=O) groups is 1. The van der Waals surface area contributed by atoms with E-state index in [1.807, 2.05) is 20.8 Å². The molecule has 0 aromatic rings. The molecule has 94 valence electrons. The molecule has 0 radical (unpaired) electrons. The van der Waals surface area contributed by atoms with E-state index < -0.39 is 5.60 Å². The second kappa shape index (κ2) is 5.04. The summed E-state index contributed by atoms with van der Waals surface area (Å²) in [6.07, 6.45) is 0.728. The number of hydrogen-bond acceptors (Lipinski definition) is 3. The molecule has 1 fully saturated rings. The maximum absolute atomic E-state index is 11.8. The van der Waals surface area contributed by atoms with E-state index in [0.29, 0.717) is 19.0 Å². The molecule has 4 nitrogen and oxygen atoms in total. The molecule has 0 aromatic heterocycles. The lowest BCUT2D eigenvalue weighted by atomic mass is 9.95. The first-order valence-corrected chi connectivity index (χ1v) is 5.96. The quantitative estimate of drug-likeness (QED) is 0.786. The second-order valence-corrected chi connectivity index (χ2v) is 5.50. The molecular formula is C12H23NO3. The number of aliphatic hydroxyl groups excluding tert-OH is 1. The van der Waals surface area contributed by atoms with Gasteiger partial charge < -0.3 is 14.7 Å². The Kier molecular flexibility index (Phi) is 4.19. The molecule has 1 aliphatic rings. The zero-order chi connectivity index (χ0) is 12.3. The zero-order valence-electron chi connectivity index (χ0n) is 10.7. The van der Waals surface area contributed by atoms with E-state index in [9.17, 15) is 9.90 Å². The van der Waals surface area contributed by atoms with Crippen molar-refractivity contribution in [1.82, 2.24) is 4.90 Å². The van der Waals surface area contributed by atoms with Gasteiger partial charge in [-0.3, -0.25) is 0 Å². The van der Waals surface area contributed by atoms with Crippen LogP contribution in [0.4, 0.5) is 4.79 Å². The number of carbonyl (C=O) groups excluding carboxylic acids is 1. The minimum Gasteiger partial charge on any atom is -0.444 e. The summed E-state index contributed by atoms with van der Waals surface area (Å²) in [6.45, 7) is 9.15. The fourth-order valence-electron chi connectivity index (χ4n) is 2.08. The highest BCUT2D eigenvalue weighted by molar-refractivity contribution is 5.68. The molecule has 1 amide bonds. The van der Waals surface area contributed by atoms with Crippen LogP contribution in [0.1, 0.15) is 34.1 Å². The van der Waals surface area contributed by atoms with E-state index in [1.54, 1.807) is 4.90 Å². The molecular weight excluding hydrogens is 206 g/mol. The van der Waals surface area contributed by atoms with Crippen molar-refractivity contribution in [3.63, 3.8) is 0 Å². The van der Waals surface area contributed by atoms with Crippen molar-refractivity contribution in [1.29, 1.82) is 0 Å². The average Bonchev–Trinajstić information content (AvgIpc) is 2.57. The van der Waals surface area contributed by atoms with Crippen LogP contribution in [0, 0.1) is 11.8 Å². The summed E-state index contributed by atoms with van der Waals surface area (Å²) >= 11 is 0. The molecule has 1 saturated heterocycles. The van der Waals surface area contributed by atoms with Gasteiger partial charge in [-0.05, 0) is 26.7 Å². The Morgan fingerprint density at radius 3 is 2.31 bits per heavy atom. The van der Waals surface area contributed by atoms with Crippen molar-refractivity contribution in [3.8, 4) is 0 Å². The largest absolute Gasteiger partial charge is 0.444 e. The van der Waals surface area contributed by atoms with Gasteiger partial charge in [0, 0.05) is 25.6 Å². The maximum Gasteiger partial charge on any atom is 0.410 e. The monoisotopic (exact) mass is 229 g/mol. The van der Waals surface area contributed by atoms with Crippen LogP contribution in [0.15, 0.2) is 0 Å². The minimum absolute atomic E-state index is 0.151. The van der Waals surface area contributed by atoms with E-state index in [2.05, 4.69) is 6.92 Å². The van der Waals surface area contributed by atoms with E-state index in [4.69, 9.17) is 4.74 Å². The Morgan fingerprint density at radius 1 is 1.38 bits per heavy atom. The molecule has 0 saturated carbocycles. The number of aliphatic hydroxyl groups is 1. The van der Waals surface area contributed by atoms with Crippen molar-refractivity contribution in [2.24, 2.45) is 11.8 Å². The van der Waals surface area contributed by atoms with Gasteiger partial charge in [-0.2, -0.15) is 0 Å². The van der Waals surface area contributed by atoms with Gasteiger partial charge >= 0.3 is 6.09 Å². The molecule has 0 bridgehead atoms. The fraction of sp³-hybridized carbons (Fsp3) is 0.917. The van der Waals surface area contributed by atoms with Gasteiger partial charge in [0.25, 0.3) is 0 Å². The Hall–Kier alpha value is -0.770. The highest BCUT2D eigenvalue weighted by Crippen LogP contribution is 2.26. The van der Waals surface area contributed by atoms with Crippen molar-refractivity contribution in [3.05, 3.63) is 0 Å². The Morgan fingerprint density at radius 2 is 1.94 bits per heavy atom. The molecule has 1 N–H and O–H groups in total. The number of ether oxygens (including phenoxy) is 1. The van der Waals surface area contributed by atoms with E-state index >= 15 is 0 Å². The average molecular weight is 229 g/mol. The summed E-state index contributed by atoms with van der Waals surface area (Å²) < 4.78 is 5.31. The molecule has 2 atom stereocenters. The molecule has 16 heavy (non-hydrogen) atoms. The van der Waals surface area contributed by atoms with Crippen molar-refractivity contribution in [2.75, 3.05) is 19.7 Å². The van der Waals surface area contributed by atoms with Gasteiger partial charge in [-0.1, -0.05) is 13.3 Å². The lowest BCUT2D eigenvalue weighted by Gasteiger charge is -2.24. The summed E-state index contributed by atoms with van der Waals surface area (Å²) in [4.78, 5) is 13.5. The summed E-state index contributed by atoms with van der Waals surface area (Å²) in [5, 5.41) is 9.22. The summed E-state index contributed by atoms with van der Waals surface area (Å²) in [5.74, 6) is 0.607. The van der Waals surface area contributed by atoms with E-state index in [-0.39, 0.29) is 18.6 Å². The third kappa shape index (κ3) is 3.37. The normalized spacial score (nSPS) is 25.9. The van der Waals surface area contributed by atoms with E-state index in [0.717, 1.165) is 6.42 Å². The van der Waals surface area contributed by atoms with Gasteiger partial charge in [0.1, 0.15) is 5.60 Å². The van der Waals surface area contributed by atoms with E-state index in [1.165, 1.54) is 0 Å². The Labute approximate surface area is 97.6 Å². The highest BCUT2D eigenvalue weighted by Gasteiger charge is 2.35. The SMILES string of the molecule is CC[C@@H]1CN(C(=O)OC(C)(C)C)C[C@H]1CO. The third-order valence-corrected chi connectivity index (χ3v) is 2.99. The van der Waals surface area contributed by atoms with Crippen LogP contribution in [-0.4, -0.2) is 41.4 Å². The molecule has 1 aliphatic heterocycles. The van der Waals surface area contributed by atoms with Crippen LogP contribution in [0.25, 0.3) is 0 Å². The van der Waals surface area contributed by atoms with Crippen LogP contribution >= 0.6 is 0 Å². The molecule has 0 spiro atoms. The van der Waals surface area contributed by atoms with Gasteiger partial charge in [-0.25, -0.2) is 4.79 Å². The number of rotatable bonds is 2. The predicted molar refractivity (Wildman–Crippen MR) is 62.2 cm³/mol. The van der Waals surface area contributed by atoms with Gasteiger partial charge in [0.05, 0.1) is 0 Å². The van der Waals surface area contributed by atoms with Crippen molar-refractivity contribution >= 4 is 6.09 Å². The van der Waals surface area contributed by atoms with Crippen LogP contribution in [-0.2, 0) is 4.74 Å². The highest BCUT2D eigenvalue weighted by atomic mass is 16.6. The topological polar surface area (TPSA) is 49.8 Å². The Bertz CT molecular complexity index is 235. The third-order valence-electron chi connectivity index (χ3n) is 2.99. The van der Waals surface area contributed by atoms with Crippen LogP contribution < -0.4 is 0 Å². The number of likely N-dealkylation sites (tertiary alicyclic amines) is 1. The predicted octanol–water partition coefficient (Wildman–Crippen LogP) is 1.87. The van der Waals surface area contributed by atoms with Gasteiger partial charge in [0.15, 0.2) is 0 Å². The number of hydrogen-bond donors (Lipinski definition) is 1. The maximum atomic E-state index is 11.8. The number of amides is 1. The molecule has 0 unspecified atom stereocenters. The molecule has 0 aliphatic carbocycles. The van der Waals surface area contributed by atoms with Crippen LogP contribution in [0.3, 0.4) is 0 Å². The zero-order valence-corrected chi connectivity index (χ0v) is 10.7. The lowest BCUT2D eigenvalue weighted by molar-refractivity contribution is 0.0281. The lowest BCUT2D eigenvalue weighted by Crippen LogP contribution is -2.35. The summed E-state index contributed by atoms with van der Waals surface area (Å²) in [6, 6.07) is 0. The standard InChI is InChI=1S/C12H23NO3/c1-5-9-6-13(7-10(9)8-14)11(15)16-12(2,3)4/h9-10,14H,5-8H2,1-4H3/t9-,10+/m1/s1. The molecule has 4 heteroatoms. The smallest absolute Gasteiger partial charge is 0.410 e. The fourth-order valence-corrected chi connectivity index (χ4v) is 2.08. The van der Waals surface area contributed by atoms with Crippen LogP contribution in [0.2, 0.25) is 0 Å². The molecule has 1 rings (SSSR count). The van der Waals surface area contributed by atoms with Gasteiger partial charge in [-0.15, -0.1) is 0 Å².